The molecule has 1 unspecified atom stereocenters. The Balaban J connectivity index is 0.00000225. The van der Waals surface area contributed by atoms with E-state index in [2.05, 4.69) is 15.3 Å². The third-order valence-electron chi connectivity index (χ3n) is 4.93. The summed E-state index contributed by atoms with van der Waals surface area (Å²) in [5.74, 6) is 0.0328. The molecule has 146 valence electrons. The van der Waals surface area contributed by atoms with E-state index in [0.717, 1.165) is 12.1 Å². The second-order valence-corrected chi connectivity index (χ2v) is 6.60. The quantitative estimate of drug-likeness (QED) is 0.723. The predicted molar refractivity (Wildman–Crippen MR) is 109 cm³/mol. The third-order valence-corrected chi connectivity index (χ3v) is 4.93. The van der Waals surface area contributed by atoms with Crippen molar-refractivity contribution < 1.29 is 4.79 Å². The van der Waals surface area contributed by atoms with Gasteiger partial charge in [-0.25, -0.2) is 4.98 Å². The minimum absolute atomic E-state index is 0. The fourth-order valence-electron chi connectivity index (χ4n) is 3.50. The van der Waals surface area contributed by atoms with Crippen molar-refractivity contribution in [3.63, 3.8) is 0 Å². The van der Waals surface area contributed by atoms with Gasteiger partial charge in [-0.1, -0.05) is 18.2 Å². The first-order valence-electron chi connectivity index (χ1n) is 9.08. The third kappa shape index (κ3) is 4.05. The van der Waals surface area contributed by atoms with Crippen LogP contribution in [0.2, 0.25) is 0 Å². The molecule has 0 saturated carbocycles. The van der Waals surface area contributed by atoms with Gasteiger partial charge in [0.15, 0.2) is 0 Å². The van der Waals surface area contributed by atoms with Crippen LogP contribution in [0.25, 0.3) is 10.9 Å². The number of amides is 1. The molecule has 28 heavy (non-hydrogen) atoms. The second-order valence-electron chi connectivity index (χ2n) is 6.60. The molecule has 7 nitrogen and oxygen atoms in total. The monoisotopic (exact) mass is 399 g/mol. The number of para-hydroxylation sites is 1. The van der Waals surface area contributed by atoms with Gasteiger partial charge in [-0.3, -0.25) is 19.1 Å². The average Bonchev–Trinajstić information content (AvgIpc) is 2.74. The number of halogens is 1. The van der Waals surface area contributed by atoms with Crippen LogP contribution in [-0.4, -0.2) is 45.0 Å². The summed E-state index contributed by atoms with van der Waals surface area (Å²) in [7, 11) is 0. The number of carbonyl (C=O) groups excluding carboxylic acids is 1. The SMILES string of the molecule is Cl.O=C(CCn1cnc2ccccc2c1=O)N1CCNCC1c1cccnc1. The summed E-state index contributed by atoms with van der Waals surface area (Å²) in [6.45, 7) is 2.43. The Hall–Kier alpha value is -2.77. The Kier molecular flexibility index (Phi) is 6.38. The summed E-state index contributed by atoms with van der Waals surface area (Å²) in [6, 6.07) is 11.1. The molecular weight excluding hydrogens is 378 g/mol. The van der Waals surface area contributed by atoms with Crippen molar-refractivity contribution >= 4 is 29.2 Å². The van der Waals surface area contributed by atoms with Gasteiger partial charge in [-0.05, 0) is 23.8 Å². The molecule has 1 N–H and O–H groups in total. The number of fused-ring (bicyclic) bond motifs is 1. The first kappa shape index (κ1) is 20.0. The van der Waals surface area contributed by atoms with Gasteiger partial charge in [-0.15, -0.1) is 12.4 Å². The highest BCUT2D eigenvalue weighted by Gasteiger charge is 2.27. The molecule has 0 bridgehead atoms. The minimum atomic E-state index is -0.113. The fraction of sp³-hybridized carbons (Fsp3) is 0.300. The molecule has 1 aliphatic heterocycles. The highest BCUT2D eigenvalue weighted by Crippen LogP contribution is 2.22. The summed E-state index contributed by atoms with van der Waals surface area (Å²) in [5.41, 5.74) is 1.57. The maximum Gasteiger partial charge on any atom is 0.261 e. The Labute approximate surface area is 168 Å². The van der Waals surface area contributed by atoms with Crippen LogP contribution >= 0.6 is 12.4 Å². The minimum Gasteiger partial charge on any atom is -0.333 e. The predicted octanol–water partition coefficient (Wildman–Crippen LogP) is 1.78. The van der Waals surface area contributed by atoms with Crippen LogP contribution in [0.4, 0.5) is 0 Å². The van der Waals surface area contributed by atoms with Crippen LogP contribution in [0.3, 0.4) is 0 Å². The molecule has 3 heterocycles. The summed E-state index contributed by atoms with van der Waals surface area (Å²) in [6.07, 6.45) is 5.31. The molecule has 0 spiro atoms. The van der Waals surface area contributed by atoms with Crippen molar-refractivity contribution in [3.8, 4) is 0 Å². The van der Waals surface area contributed by atoms with Gasteiger partial charge >= 0.3 is 0 Å². The molecule has 1 fully saturated rings. The number of hydrogen-bond acceptors (Lipinski definition) is 5. The number of nitrogens with one attached hydrogen (secondary N) is 1. The average molecular weight is 400 g/mol. The van der Waals surface area contributed by atoms with Gasteiger partial charge in [0.25, 0.3) is 5.56 Å². The molecule has 8 heteroatoms. The van der Waals surface area contributed by atoms with Crippen molar-refractivity contribution in [2.75, 3.05) is 19.6 Å². The molecule has 3 aromatic rings. The number of carbonyl (C=O) groups is 1. The largest absolute Gasteiger partial charge is 0.333 e. The van der Waals surface area contributed by atoms with Gasteiger partial charge in [0.05, 0.1) is 23.3 Å². The van der Waals surface area contributed by atoms with Gasteiger partial charge < -0.3 is 10.2 Å². The van der Waals surface area contributed by atoms with E-state index in [1.807, 2.05) is 35.2 Å². The fourth-order valence-corrected chi connectivity index (χ4v) is 3.50. The lowest BCUT2D eigenvalue weighted by Gasteiger charge is -2.36. The van der Waals surface area contributed by atoms with Gasteiger partial charge in [0.2, 0.25) is 5.91 Å². The number of hydrogen-bond donors (Lipinski definition) is 1. The Morgan fingerprint density at radius 1 is 1.21 bits per heavy atom. The molecule has 1 atom stereocenters. The lowest BCUT2D eigenvalue weighted by molar-refractivity contribution is -0.134. The Morgan fingerprint density at radius 3 is 2.89 bits per heavy atom. The number of aromatic nitrogens is 3. The van der Waals surface area contributed by atoms with Crippen molar-refractivity contribution in [2.24, 2.45) is 0 Å². The first-order valence-corrected chi connectivity index (χ1v) is 9.08. The van der Waals surface area contributed by atoms with E-state index in [1.165, 1.54) is 10.9 Å². The van der Waals surface area contributed by atoms with Crippen LogP contribution < -0.4 is 10.9 Å². The summed E-state index contributed by atoms with van der Waals surface area (Å²) in [4.78, 5) is 35.8. The van der Waals surface area contributed by atoms with Gasteiger partial charge in [0.1, 0.15) is 0 Å². The molecule has 1 aromatic carbocycles. The number of nitrogens with zero attached hydrogens (tertiary/aromatic N) is 4. The topological polar surface area (TPSA) is 80.1 Å². The van der Waals surface area contributed by atoms with Crippen molar-refractivity contribution in [1.82, 2.24) is 24.8 Å². The van der Waals surface area contributed by atoms with E-state index in [0.29, 0.717) is 30.5 Å². The number of rotatable bonds is 4. The zero-order chi connectivity index (χ0) is 18.6. The smallest absolute Gasteiger partial charge is 0.261 e. The molecule has 2 aromatic heterocycles. The zero-order valence-electron chi connectivity index (χ0n) is 15.3. The summed E-state index contributed by atoms with van der Waals surface area (Å²) >= 11 is 0. The van der Waals surface area contributed by atoms with E-state index >= 15 is 0 Å². The molecule has 1 saturated heterocycles. The van der Waals surface area contributed by atoms with Crippen LogP contribution in [0, 0.1) is 0 Å². The van der Waals surface area contributed by atoms with Crippen LogP contribution in [0.1, 0.15) is 18.0 Å². The van der Waals surface area contributed by atoms with E-state index < -0.39 is 0 Å². The lowest BCUT2D eigenvalue weighted by atomic mass is 10.0. The molecule has 0 radical (unpaired) electrons. The Bertz CT molecular complexity index is 1010. The maximum absolute atomic E-state index is 12.9. The summed E-state index contributed by atoms with van der Waals surface area (Å²) in [5, 5.41) is 3.91. The maximum atomic E-state index is 12.9. The van der Waals surface area contributed by atoms with Crippen molar-refractivity contribution in [1.29, 1.82) is 0 Å². The van der Waals surface area contributed by atoms with Gasteiger partial charge in [0, 0.05) is 45.0 Å². The van der Waals surface area contributed by atoms with E-state index in [9.17, 15) is 9.59 Å². The zero-order valence-corrected chi connectivity index (χ0v) is 16.1. The highest BCUT2D eigenvalue weighted by atomic mass is 35.5. The van der Waals surface area contributed by atoms with E-state index in [-0.39, 0.29) is 36.3 Å². The number of benzene rings is 1. The number of aryl methyl sites for hydroxylation is 1. The Morgan fingerprint density at radius 2 is 2.07 bits per heavy atom. The molecular formula is C20H22ClN5O2. The molecule has 4 rings (SSSR count). The van der Waals surface area contributed by atoms with E-state index in [4.69, 9.17) is 0 Å². The summed E-state index contributed by atoms with van der Waals surface area (Å²) < 4.78 is 1.52. The van der Waals surface area contributed by atoms with E-state index in [1.54, 1.807) is 18.5 Å². The normalized spacial score (nSPS) is 16.6. The first-order chi connectivity index (χ1) is 13.2. The standard InChI is InChI=1S/C20H21N5O2.ClH/c26-19(25-11-9-22-13-18(25)15-4-3-8-21-12-15)7-10-24-14-23-17-6-2-1-5-16(17)20(24)27;/h1-6,8,12,14,18,22H,7,9-11,13H2;1H. The van der Waals surface area contributed by atoms with Crippen molar-refractivity contribution in [3.05, 3.63) is 71.0 Å². The van der Waals surface area contributed by atoms with Gasteiger partial charge in [-0.2, -0.15) is 0 Å². The second kappa shape index (κ2) is 8.95. The lowest BCUT2D eigenvalue weighted by Crippen LogP contribution is -2.49. The number of piperazine rings is 1. The molecule has 1 amide bonds. The van der Waals surface area contributed by atoms with Crippen LogP contribution in [0.5, 0.6) is 0 Å². The van der Waals surface area contributed by atoms with Crippen LogP contribution in [0.15, 0.2) is 59.9 Å². The van der Waals surface area contributed by atoms with Crippen molar-refractivity contribution in [2.45, 2.75) is 19.0 Å². The highest BCUT2D eigenvalue weighted by molar-refractivity contribution is 5.85. The molecule has 0 aliphatic carbocycles. The van der Waals surface area contributed by atoms with Crippen LogP contribution in [-0.2, 0) is 11.3 Å². The molecule has 1 aliphatic rings. The number of pyridine rings is 1.